The number of piperazine rings is 1. The molecule has 1 aromatic rings. The first-order valence-corrected chi connectivity index (χ1v) is 7.57. The fraction of sp³-hybridized carbons (Fsp3) is 0.643. The Labute approximate surface area is 124 Å². The average molecular weight is 290 g/mol. The molecule has 7 nitrogen and oxygen atoms in total. The summed E-state index contributed by atoms with van der Waals surface area (Å²) in [5.74, 6) is 0.843. The third kappa shape index (κ3) is 3.07. The van der Waals surface area contributed by atoms with Gasteiger partial charge < -0.3 is 15.8 Å². The fourth-order valence-corrected chi connectivity index (χ4v) is 3.25. The molecule has 1 aliphatic heterocycles. The number of oxime groups is 1. The van der Waals surface area contributed by atoms with Crippen LogP contribution in [0.4, 0.5) is 5.82 Å². The van der Waals surface area contributed by atoms with E-state index in [0.29, 0.717) is 5.69 Å². The van der Waals surface area contributed by atoms with Crippen LogP contribution in [0, 0.1) is 0 Å². The highest BCUT2D eigenvalue weighted by molar-refractivity contribution is 5.94. The van der Waals surface area contributed by atoms with Gasteiger partial charge in [-0.25, -0.2) is 9.97 Å². The van der Waals surface area contributed by atoms with E-state index in [0.717, 1.165) is 38.0 Å². The summed E-state index contributed by atoms with van der Waals surface area (Å²) in [6, 6.07) is 0.793. The van der Waals surface area contributed by atoms with Crippen LogP contribution in [0.1, 0.15) is 31.4 Å². The monoisotopic (exact) mass is 290 g/mol. The van der Waals surface area contributed by atoms with Crippen LogP contribution in [0.3, 0.4) is 0 Å². The Hall–Kier alpha value is -1.89. The number of nitrogens with zero attached hydrogens (tertiary/aromatic N) is 5. The van der Waals surface area contributed by atoms with Crippen molar-refractivity contribution >= 4 is 11.7 Å². The number of amidine groups is 1. The van der Waals surface area contributed by atoms with E-state index >= 15 is 0 Å². The molecule has 0 unspecified atom stereocenters. The van der Waals surface area contributed by atoms with Crippen molar-refractivity contribution in [3.63, 3.8) is 0 Å². The number of rotatable bonds is 3. The molecule has 0 amide bonds. The summed E-state index contributed by atoms with van der Waals surface area (Å²) in [5.41, 5.74) is 5.88. The Balaban J connectivity index is 1.58. The Morgan fingerprint density at radius 1 is 1.14 bits per heavy atom. The van der Waals surface area contributed by atoms with Gasteiger partial charge in [-0.2, -0.15) is 0 Å². The van der Waals surface area contributed by atoms with Gasteiger partial charge in [-0.05, 0) is 12.8 Å². The Morgan fingerprint density at radius 2 is 1.86 bits per heavy atom. The van der Waals surface area contributed by atoms with E-state index in [4.69, 9.17) is 10.9 Å². The van der Waals surface area contributed by atoms with Crippen molar-refractivity contribution in [1.29, 1.82) is 0 Å². The topological polar surface area (TPSA) is 90.9 Å². The summed E-state index contributed by atoms with van der Waals surface area (Å²) >= 11 is 0. The molecule has 1 aromatic heterocycles. The van der Waals surface area contributed by atoms with Crippen molar-refractivity contribution in [1.82, 2.24) is 14.9 Å². The van der Waals surface area contributed by atoms with Crippen molar-refractivity contribution < 1.29 is 5.21 Å². The second-order valence-corrected chi connectivity index (χ2v) is 5.71. The first-order chi connectivity index (χ1) is 10.3. The lowest BCUT2D eigenvalue weighted by Gasteiger charge is -2.38. The molecule has 3 N–H and O–H groups in total. The molecule has 2 aliphatic rings. The lowest BCUT2D eigenvalue weighted by Crippen LogP contribution is -2.50. The summed E-state index contributed by atoms with van der Waals surface area (Å²) in [6.07, 6.45) is 8.71. The van der Waals surface area contributed by atoms with Crippen molar-refractivity contribution in [2.75, 3.05) is 31.1 Å². The van der Waals surface area contributed by atoms with Gasteiger partial charge in [0.15, 0.2) is 5.84 Å². The zero-order valence-electron chi connectivity index (χ0n) is 12.1. The Bertz CT molecular complexity index is 489. The summed E-state index contributed by atoms with van der Waals surface area (Å²) in [7, 11) is 0. The van der Waals surface area contributed by atoms with Gasteiger partial charge in [0.25, 0.3) is 0 Å². The SMILES string of the molecule is NC(=NO)c1cnc(N2CCN(C3CCCC3)CC2)cn1. The van der Waals surface area contributed by atoms with Gasteiger partial charge in [0.2, 0.25) is 0 Å². The van der Waals surface area contributed by atoms with E-state index in [-0.39, 0.29) is 5.84 Å². The molecule has 1 saturated carbocycles. The van der Waals surface area contributed by atoms with Crippen LogP contribution >= 0.6 is 0 Å². The van der Waals surface area contributed by atoms with Crippen LogP contribution in [-0.2, 0) is 0 Å². The van der Waals surface area contributed by atoms with E-state index in [1.165, 1.54) is 25.7 Å². The zero-order valence-corrected chi connectivity index (χ0v) is 12.1. The van der Waals surface area contributed by atoms with Crippen molar-refractivity contribution in [3.05, 3.63) is 18.1 Å². The van der Waals surface area contributed by atoms with Crippen LogP contribution < -0.4 is 10.6 Å². The van der Waals surface area contributed by atoms with E-state index in [1.54, 1.807) is 12.4 Å². The number of aromatic nitrogens is 2. The lowest BCUT2D eigenvalue weighted by molar-refractivity contribution is 0.187. The van der Waals surface area contributed by atoms with Gasteiger partial charge in [0, 0.05) is 32.2 Å². The van der Waals surface area contributed by atoms with Gasteiger partial charge in [-0.3, -0.25) is 4.90 Å². The van der Waals surface area contributed by atoms with Crippen molar-refractivity contribution in [3.8, 4) is 0 Å². The molecule has 0 radical (unpaired) electrons. The maximum absolute atomic E-state index is 8.62. The first kappa shape index (κ1) is 14.1. The summed E-state index contributed by atoms with van der Waals surface area (Å²) in [6.45, 7) is 4.14. The molecule has 3 rings (SSSR count). The van der Waals surface area contributed by atoms with Crippen LogP contribution in [-0.4, -0.2) is 58.1 Å². The zero-order chi connectivity index (χ0) is 14.7. The van der Waals surface area contributed by atoms with Gasteiger partial charge in [-0.1, -0.05) is 18.0 Å². The fourth-order valence-electron chi connectivity index (χ4n) is 3.25. The smallest absolute Gasteiger partial charge is 0.190 e. The summed E-state index contributed by atoms with van der Waals surface area (Å²) in [5, 5.41) is 11.5. The molecule has 2 heterocycles. The third-order valence-electron chi connectivity index (χ3n) is 4.49. The van der Waals surface area contributed by atoms with Crippen LogP contribution in [0.15, 0.2) is 17.5 Å². The first-order valence-electron chi connectivity index (χ1n) is 7.57. The normalized spacial score (nSPS) is 21.9. The number of hydrogen-bond acceptors (Lipinski definition) is 6. The van der Waals surface area contributed by atoms with Crippen LogP contribution in [0.25, 0.3) is 0 Å². The molecule has 21 heavy (non-hydrogen) atoms. The molecule has 0 bridgehead atoms. The Kier molecular flexibility index (Phi) is 4.19. The van der Waals surface area contributed by atoms with E-state index < -0.39 is 0 Å². The van der Waals surface area contributed by atoms with Gasteiger partial charge in [0.1, 0.15) is 11.5 Å². The third-order valence-corrected chi connectivity index (χ3v) is 4.49. The standard InChI is InChI=1S/C14H22N6O/c15-14(18-21)12-9-17-13(10-16-12)20-7-5-19(6-8-20)11-3-1-2-4-11/h9-11,21H,1-8H2,(H2,15,18). The molecule has 0 atom stereocenters. The summed E-state index contributed by atoms with van der Waals surface area (Å²) in [4.78, 5) is 13.4. The van der Waals surface area contributed by atoms with Crippen molar-refractivity contribution in [2.24, 2.45) is 10.9 Å². The molecule has 1 aliphatic carbocycles. The van der Waals surface area contributed by atoms with Gasteiger partial charge in [0.05, 0.1) is 12.4 Å². The average Bonchev–Trinajstić information content (AvgIpc) is 3.09. The number of hydrogen-bond donors (Lipinski definition) is 2. The van der Waals surface area contributed by atoms with E-state index in [1.807, 2.05) is 0 Å². The highest BCUT2D eigenvalue weighted by atomic mass is 16.4. The molecule has 7 heteroatoms. The second kappa shape index (κ2) is 6.26. The minimum Gasteiger partial charge on any atom is -0.409 e. The number of nitrogens with two attached hydrogens (primary N) is 1. The highest BCUT2D eigenvalue weighted by Crippen LogP contribution is 2.25. The molecule has 114 valence electrons. The minimum absolute atomic E-state index is 0.0138. The number of anilines is 1. The quantitative estimate of drug-likeness (QED) is 0.367. The second-order valence-electron chi connectivity index (χ2n) is 5.71. The van der Waals surface area contributed by atoms with Crippen molar-refractivity contribution in [2.45, 2.75) is 31.7 Å². The van der Waals surface area contributed by atoms with Gasteiger partial charge in [-0.15, -0.1) is 0 Å². The molecular formula is C14H22N6O. The molecular weight excluding hydrogens is 268 g/mol. The lowest BCUT2D eigenvalue weighted by atomic mass is 10.2. The van der Waals surface area contributed by atoms with E-state index in [2.05, 4.69) is 24.9 Å². The van der Waals surface area contributed by atoms with Crippen LogP contribution in [0.2, 0.25) is 0 Å². The highest BCUT2D eigenvalue weighted by Gasteiger charge is 2.26. The molecule has 2 fully saturated rings. The predicted molar refractivity (Wildman–Crippen MR) is 80.6 cm³/mol. The van der Waals surface area contributed by atoms with Crippen LogP contribution in [0.5, 0.6) is 0 Å². The maximum atomic E-state index is 8.62. The Morgan fingerprint density at radius 3 is 2.43 bits per heavy atom. The maximum Gasteiger partial charge on any atom is 0.190 e. The molecule has 0 spiro atoms. The van der Waals surface area contributed by atoms with E-state index in [9.17, 15) is 0 Å². The van der Waals surface area contributed by atoms with Gasteiger partial charge >= 0.3 is 0 Å². The molecule has 0 aromatic carbocycles. The largest absolute Gasteiger partial charge is 0.409 e. The minimum atomic E-state index is -0.0138. The summed E-state index contributed by atoms with van der Waals surface area (Å²) < 4.78 is 0. The predicted octanol–water partition coefficient (Wildman–Crippen LogP) is 0.636. The molecule has 1 saturated heterocycles.